The molecule has 0 saturated heterocycles. The molecular formula is C10H13N3O4. The standard InChI is InChI=1S/C10H13N3O4/c1-5(9(16)11-6-2-3-6)13-8(15)4-7(14)12-10(13)17/h4-6,15H,2-3H2,1H3,(H,11,16)(H,12,14,17). The zero-order chi connectivity index (χ0) is 12.6. The first-order chi connectivity index (χ1) is 7.99. The van der Waals surface area contributed by atoms with Crippen molar-refractivity contribution >= 4 is 5.91 Å². The summed E-state index contributed by atoms with van der Waals surface area (Å²) >= 11 is 0. The van der Waals surface area contributed by atoms with E-state index in [-0.39, 0.29) is 11.9 Å². The molecule has 1 amide bonds. The fraction of sp³-hybridized carbons (Fsp3) is 0.500. The molecule has 1 aliphatic carbocycles. The second-order valence-corrected chi connectivity index (χ2v) is 4.13. The van der Waals surface area contributed by atoms with Crippen molar-refractivity contribution in [3.05, 3.63) is 26.9 Å². The monoisotopic (exact) mass is 239 g/mol. The second-order valence-electron chi connectivity index (χ2n) is 4.13. The van der Waals surface area contributed by atoms with Crippen LogP contribution in [0.25, 0.3) is 0 Å². The van der Waals surface area contributed by atoms with Gasteiger partial charge in [-0.3, -0.25) is 19.1 Å². The van der Waals surface area contributed by atoms with Crippen LogP contribution in [0.3, 0.4) is 0 Å². The van der Waals surface area contributed by atoms with Crippen molar-refractivity contribution in [3.63, 3.8) is 0 Å². The van der Waals surface area contributed by atoms with Gasteiger partial charge in [0.05, 0.1) is 6.07 Å². The Bertz CT molecular complexity index is 555. The Balaban J connectivity index is 2.29. The maximum atomic E-state index is 11.7. The minimum absolute atomic E-state index is 0.172. The van der Waals surface area contributed by atoms with Crippen LogP contribution in [0.2, 0.25) is 0 Å². The Hall–Kier alpha value is -2.05. The zero-order valence-corrected chi connectivity index (χ0v) is 9.27. The van der Waals surface area contributed by atoms with E-state index < -0.39 is 23.2 Å². The van der Waals surface area contributed by atoms with Gasteiger partial charge in [-0.25, -0.2) is 4.79 Å². The van der Waals surface area contributed by atoms with Crippen LogP contribution in [0, 0.1) is 0 Å². The Morgan fingerprint density at radius 1 is 1.59 bits per heavy atom. The zero-order valence-electron chi connectivity index (χ0n) is 9.27. The molecule has 1 atom stereocenters. The molecule has 3 N–H and O–H groups in total. The number of carbonyl (C=O) groups is 1. The largest absolute Gasteiger partial charge is 0.494 e. The highest BCUT2D eigenvalue weighted by atomic mass is 16.3. The fourth-order valence-electron chi connectivity index (χ4n) is 1.53. The van der Waals surface area contributed by atoms with Crippen LogP contribution in [-0.2, 0) is 4.79 Å². The molecule has 7 nitrogen and oxygen atoms in total. The van der Waals surface area contributed by atoms with Crippen LogP contribution in [0.4, 0.5) is 0 Å². The number of carbonyl (C=O) groups excluding carboxylic acids is 1. The summed E-state index contributed by atoms with van der Waals surface area (Å²) in [7, 11) is 0. The third-order valence-corrected chi connectivity index (χ3v) is 2.65. The van der Waals surface area contributed by atoms with Gasteiger partial charge in [-0.15, -0.1) is 0 Å². The molecule has 1 aromatic heterocycles. The first-order valence-electron chi connectivity index (χ1n) is 5.34. The van der Waals surface area contributed by atoms with Gasteiger partial charge in [-0.1, -0.05) is 0 Å². The van der Waals surface area contributed by atoms with E-state index in [2.05, 4.69) is 5.32 Å². The second kappa shape index (κ2) is 4.08. The molecule has 1 unspecified atom stereocenters. The summed E-state index contributed by atoms with van der Waals surface area (Å²) in [6, 6.07) is 0.174. The van der Waals surface area contributed by atoms with Gasteiger partial charge in [-0.2, -0.15) is 0 Å². The topological polar surface area (TPSA) is 104 Å². The summed E-state index contributed by atoms with van der Waals surface area (Å²) in [6.07, 6.45) is 1.87. The van der Waals surface area contributed by atoms with Gasteiger partial charge < -0.3 is 10.4 Å². The number of hydrogen-bond donors (Lipinski definition) is 3. The van der Waals surface area contributed by atoms with E-state index in [1.165, 1.54) is 6.92 Å². The highest BCUT2D eigenvalue weighted by Gasteiger charge is 2.27. The van der Waals surface area contributed by atoms with Crippen LogP contribution >= 0.6 is 0 Å². The van der Waals surface area contributed by atoms with E-state index in [0.29, 0.717) is 0 Å². The maximum Gasteiger partial charge on any atom is 0.331 e. The first-order valence-corrected chi connectivity index (χ1v) is 5.34. The number of aromatic hydroxyl groups is 1. The average molecular weight is 239 g/mol. The molecule has 0 aliphatic heterocycles. The lowest BCUT2D eigenvalue weighted by molar-refractivity contribution is -0.124. The number of rotatable bonds is 3. The minimum Gasteiger partial charge on any atom is -0.494 e. The number of H-pyrrole nitrogens is 1. The molecule has 0 aromatic carbocycles. The molecule has 0 spiro atoms. The van der Waals surface area contributed by atoms with Crippen LogP contribution < -0.4 is 16.6 Å². The molecule has 1 fully saturated rings. The van der Waals surface area contributed by atoms with E-state index in [1.54, 1.807) is 0 Å². The predicted molar refractivity (Wildman–Crippen MR) is 58.9 cm³/mol. The van der Waals surface area contributed by atoms with Crippen molar-refractivity contribution in [1.82, 2.24) is 14.9 Å². The lowest BCUT2D eigenvalue weighted by Gasteiger charge is -2.15. The lowest BCUT2D eigenvalue weighted by atomic mass is 10.3. The lowest BCUT2D eigenvalue weighted by Crippen LogP contribution is -2.39. The number of nitrogens with one attached hydrogen (secondary N) is 2. The van der Waals surface area contributed by atoms with E-state index >= 15 is 0 Å². The van der Waals surface area contributed by atoms with Gasteiger partial charge in [0, 0.05) is 6.04 Å². The molecule has 0 bridgehead atoms. The summed E-state index contributed by atoms with van der Waals surface area (Å²) < 4.78 is 0.846. The Morgan fingerprint density at radius 3 is 2.76 bits per heavy atom. The number of aromatic amines is 1. The number of hydrogen-bond acceptors (Lipinski definition) is 4. The molecule has 7 heteroatoms. The third-order valence-electron chi connectivity index (χ3n) is 2.65. The normalized spacial score (nSPS) is 16.5. The molecule has 17 heavy (non-hydrogen) atoms. The molecule has 1 heterocycles. The average Bonchev–Trinajstić information content (AvgIpc) is 2.99. The predicted octanol–water partition coefficient (Wildman–Crippen LogP) is -0.918. The fourth-order valence-corrected chi connectivity index (χ4v) is 1.53. The highest BCUT2D eigenvalue weighted by Crippen LogP contribution is 2.20. The number of aromatic nitrogens is 2. The quantitative estimate of drug-likeness (QED) is 0.634. The van der Waals surface area contributed by atoms with Crippen LogP contribution in [-0.4, -0.2) is 26.6 Å². The van der Waals surface area contributed by atoms with E-state index in [0.717, 1.165) is 23.5 Å². The highest BCUT2D eigenvalue weighted by molar-refractivity contribution is 5.80. The van der Waals surface area contributed by atoms with Gasteiger partial charge in [0.15, 0.2) is 0 Å². The van der Waals surface area contributed by atoms with Gasteiger partial charge in [0.2, 0.25) is 11.8 Å². The Kier molecular flexibility index (Phi) is 2.74. The van der Waals surface area contributed by atoms with Gasteiger partial charge >= 0.3 is 5.69 Å². The van der Waals surface area contributed by atoms with Crippen LogP contribution in [0.5, 0.6) is 5.88 Å². The van der Waals surface area contributed by atoms with Gasteiger partial charge in [-0.05, 0) is 19.8 Å². The van der Waals surface area contributed by atoms with E-state index in [9.17, 15) is 19.5 Å². The molecule has 2 rings (SSSR count). The number of amides is 1. The molecule has 1 saturated carbocycles. The molecule has 1 aliphatic rings. The van der Waals surface area contributed by atoms with E-state index in [4.69, 9.17) is 0 Å². The van der Waals surface area contributed by atoms with Crippen LogP contribution in [0.1, 0.15) is 25.8 Å². The Morgan fingerprint density at radius 2 is 2.24 bits per heavy atom. The first kappa shape index (κ1) is 11.4. The summed E-state index contributed by atoms with van der Waals surface area (Å²) in [5.41, 5.74) is -1.49. The number of nitrogens with zero attached hydrogens (tertiary/aromatic N) is 1. The summed E-state index contributed by atoms with van der Waals surface area (Å²) in [4.78, 5) is 36.1. The molecule has 1 aromatic rings. The van der Waals surface area contributed by atoms with Crippen molar-refractivity contribution in [2.75, 3.05) is 0 Å². The van der Waals surface area contributed by atoms with Gasteiger partial charge in [0.25, 0.3) is 5.56 Å². The molecule has 0 radical (unpaired) electrons. The van der Waals surface area contributed by atoms with Crippen molar-refractivity contribution in [1.29, 1.82) is 0 Å². The van der Waals surface area contributed by atoms with Crippen molar-refractivity contribution in [2.24, 2.45) is 0 Å². The van der Waals surface area contributed by atoms with E-state index in [1.807, 2.05) is 4.98 Å². The minimum atomic E-state index is -0.861. The Labute approximate surface area is 96.1 Å². The van der Waals surface area contributed by atoms with Crippen molar-refractivity contribution < 1.29 is 9.90 Å². The maximum absolute atomic E-state index is 11.7. The van der Waals surface area contributed by atoms with Gasteiger partial charge in [0.1, 0.15) is 6.04 Å². The molecular weight excluding hydrogens is 226 g/mol. The van der Waals surface area contributed by atoms with Crippen LogP contribution in [0.15, 0.2) is 15.7 Å². The smallest absolute Gasteiger partial charge is 0.331 e. The third kappa shape index (κ3) is 2.38. The summed E-state index contributed by atoms with van der Waals surface area (Å²) in [5.74, 6) is -0.867. The SMILES string of the molecule is CC(C(=O)NC1CC1)n1c(O)cc(=O)[nH]c1=O. The van der Waals surface area contributed by atoms with Crippen molar-refractivity contribution in [3.8, 4) is 5.88 Å². The summed E-state index contributed by atoms with van der Waals surface area (Å²) in [5, 5.41) is 12.2. The summed E-state index contributed by atoms with van der Waals surface area (Å²) in [6.45, 7) is 1.48. The van der Waals surface area contributed by atoms with Crippen molar-refractivity contribution in [2.45, 2.75) is 31.8 Å². The molecule has 92 valence electrons.